The van der Waals surface area contributed by atoms with Crippen molar-refractivity contribution >= 4 is 31.6 Å². The minimum Gasteiger partial charge on any atom is -0.381 e. The molecule has 1 aromatic rings. The maximum atomic E-state index is 12.8. The van der Waals surface area contributed by atoms with Crippen LogP contribution in [0.2, 0.25) is 0 Å². The summed E-state index contributed by atoms with van der Waals surface area (Å²) in [6.45, 7) is 7.73. The van der Waals surface area contributed by atoms with Crippen molar-refractivity contribution in [2.75, 3.05) is 11.9 Å². The van der Waals surface area contributed by atoms with Gasteiger partial charge in [0, 0.05) is 16.6 Å². The smallest absolute Gasteiger partial charge is 0.219 e. The number of rotatable bonds is 5. The van der Waals surface area contributed by atoms with Crippen LogP contribution in [0.4, 0.5) is 5.69 Å². The first-order valence-electron chi connectivity index (χ1n) is 7.97. The molecule has 0 unspecified atom stereocenters. The molecule has 132 valence electrons. The van der Waals surface area contributed by atoms with E-state index >= 15 is 0 Å². The van der Waals surface area contributed by atoms with Crippen LogP contribution in [0.1, 0.15) is 51.2 Å². The Labute approximate surface area is 153 Å². The number of hydrogen-bond donors (Lipinski definition) is 2. The molecule has 0 saturated heterocycles. The monoisotopic (exact) mass is 413 g/mol. The molecule has 2 rings (SSSR count). The minimum atomic E-state index is -3.46. The van der Waals surface area contributed by atoms with Gasteiger partial charge in [0.1, 0.15) is 10.8 Å². The van der Waals surface area contributed by atoms with Gasteiger partial charge >= 0.3 is 0 Å². The molecule has 1 saturated carbocycles. The zero-order valence-corrected chi connectivity index (χ0v) is 16.9. The van der Waals surface area contributed by atoms with Crippen molar-refractivity contribution in [2.45, 2.75) is 57.2 Å². The third kappa shape index (κ3) is 3.93. The van der Waals surface area contributed by atoms with Crippen molar-refractivity contribution in [1.82, 2.24) is 4.72 Å². The Kier molecular flexibility index (Phi) is 5.34. The predicted molar refractivity (Wildman–Crippen MR) is 100 cm³/mol. The summed E-state index contributed by atoms with van der Waals surface area (Å²) in [5.74, 6) is 0. The summed E-state index contributed by atoms with van der Waals surface area (Å²) in [4.78, 5) is 0. The van der Waals surface area contributed by atoms with E-state index in [1.165, 1.54) is 0 Å². The molecule has 1 aromatic carbocycles. The number of nitrogens with zero attached hydrogens (tertiary/aromatic N) is 1. The highest BCUT2D eigenvalue weighted by Gasteiger charge is 2.49. The maximum absolute atomic E-state index is 12.8. The number of benzene rings is 1. The van der Waals surface area contributed by atoms with Crippen molar-refractivity contribution in [2.24, 2.45) is 0 Å². The van der Waals surface area contributed by atoms with Crippen molar-refractivity contribution in [3.8, 4) is 6.07 Å². The Bertz CT molecular complexity index is 772. The molecule has 0 bridgehead atoms. The second-order valence-electron chi connectivity index (χ2n) is 7.53. The van der Waals surface area contributed by atoms with Gasteiger partial charge in [0.25, 0.3) is 0 Å². The Morgan fingerprint density at radius 2 is 1.96 bits per heavy atom. The molecule has 0 aromatic heterocycles. The molecule has 7 heteroatoms. The molecule has 0 radical (unpaired) electrons. The maximum Gasteiger partial charge on any atom is 0.219 e. The molecular weight excluding hydrogens is 390 g/mol. The summed E-state index contributed by atoms with van der Waals surface area (Å²) in [6, 6.07) is 5.88. The first-order valence-corrected chi connectivity index (χ1v) is 10.2. The fraction of sp³-hybridized carbons (Fsp3) is 0.588. The van der Waals surface area contributed by atoms with Crippen LogP contribution < -0.4 is 10.0 Å². The summed E-state index contributed by atoms with van der Waals surface area (Å²) in [6.07, 6.45) is 2.14. The molecule has 0 spiro atoms. The van der Waals surface area contributed by atoms with E-state index in [9.17, 15) is 13.7 Å². The quantitative estimate of drug-likeness (QED) is 0.770. The van der Waals surface area contributed by atoms with Crippen LogP contribution in [-0.2, 0) is 10.0 Å². The van der Waals surface area contributed by atoms with Crippen LogP contribution in [-0.4, -0.2) is 25.2 Å². The van der Waals surface area contributed by atoms with E-state index in [-0.39, 0.29) is 6.54 Å². The highest BCUT2D eigenvalue weighted by Crippen LogP contribution is 2.40. The largest absolute Gasteiger partial charge is 0.381 e. The predicted octanol–water partition coefficient (Wildman–Crippen LogP) is 3.68. The van der Waals surface area contributed by atoms with Gasteiger partial charge in [-0.3, -0.25) is 0 Å². The van der Waals surface area contributed by atoms with Gasteiger partial charge < -0.3 is 5.32 Å². The summed E-state index contributed by atoms with van der Waals surface area (Å²) >= 11 is 3.47. The van der Waals surface area contributed by atoms with Gasteiger partial charge in [-0.05, 0) is 74.2 Å². The number of aryl methyl sites for hydroxylation is 1. The first-order chi connectivity index (χ1) is 11.0. The second kappa shape index (κ2) is 6.66. The van der Waals surface area contributed by atoms with E-state index in [0.29, 0.717) is 24.1 Å². The number of nitrogens with one attached hydrogen (secondary N) is 2. The molecule has 0 amide bonds. The highest BCUT2D eigenvalue weighted by molar-refractivity contribution is 9.10. The van der Waals surface area contributed by atoms with Crippen molar-refractivity contribution in [3.63, 3.8) is 0 Å². The van der Waals surface area contributed by atoms with E-state index in [1.807, 2.05) is 33.8 Å². The molecule has 1 aliphatic carbocycles. The normalized spacial score (nSPS) is 17.0. The van der Waals surface area contributed by atoms with Crippen molar-refractivity contribution in [1.29, 1.82) is 5.26 Å². The topological polar surface area (TPSA) is 82.0 Å². The van der Waals surface area contributed by atoms with Crippen LogP contribution in [0.3, 0.4) is 0 Å². The highest BCUT2D eigenvalue weighted by atomic mass is 79.9. The fourth-order valence-electron chi connectivity index (χ4n) is 2.88. The lowest BCUT2D eigenvalue weighted by Crippen LogP contribution is -2.58. The average molecular weight is 414 g/mol. The standard InChI is InChI=1S/C17H24BrN3O2S/c1-12-8-13(10-19)15(14(18)9-12)20-11-17(6-5-7-17)24(22,23)21-16(2,3)4/h8-9,20-21H,5-7,11H2,1-4H3. The lowest BCUT2D eigenvalue weighted by atomic mass is 9.84. The van der Waals surface area contributed by atoms with Crippen molar-refractivity contribution in [3.05, 3.63) is 27.7 Å². The molecule has 0 aliphatic heterocycles. The fourth-order valence-corrected chi connectivity index (χ4v) is 5.71. The van der Waals surface area contributed by atoms with Crippen LogP contribution >= 0.6 is 15.9 Å². The summed E-state index contributed by atoms with van der Waals surface area (Å²) in [7, 11) is -3.46. The van der Waals surface area contributed by atoms with Crippen molar-refractivity contribution < 1.29 is 8.42 Å². The van der Waals surface area contributed by atoms with E-state index in [4.69, 9.17) is 0 Å². The first kappa shape index (κ1) is 19.2. The Morgan fingerprint density at radius 1 is 1.33 bits per heavy atom. The van der Waals surface area contributed by atoms with E-state index < -0.39 is 20.3 Å². The molecule has 0 heterocycles. The molecule has 5 nitrogen and oxygen atoms in total. The number of nitriles is 1. The van der Waals surface area contributed by atoms with E-state index in [1.54, 1.807) is 6.07 Å². The lowest BCUT2D eigenvalue weighted by molar-refractivity contribution is 0.339. The third-order valence-corrected chi connectivity index (χ3v) is 7.42. The zero-order chi connectivity index (χ0) is 18.2. The summed E-state index contributed by atoms with van der Waals surface area (Å²) in [5, 5.41) is 12.5. The lowest BCUT2D eigenvalue weighted by Gasteiger charge is -2.43. The van der Waals surface area contributed by atoms with E-state index in [0.717, 1.165) is 16.5 Å². The number of anilines is 1. The van der Waals surface area contributed by atoms with Gasteiger partial charge in [-0.15, -0.1) is 0 Å². The van der Waals surface area contributed by atoms with Gasteiger partial charge in [-0.1, -0.05) is 6.42 Å². The Morgan fingerprint density at radius 3 is 2.42 bits per heavy atom. The average Bonchev–Trinajstić information content (AvgIpc) is 2.35. The molecule has 1 fully saturated rings. The minimum absolute atomic E-state index is 0.286. The SMILES string of the molecule is Cc1cc(Br)c(NCC2(S(=O)(=O)NC(C)(C)C)CCC2)c(C#N)c1. The number of sulfonamides is 1. The molecular formula is C17H24BrN3O2S. The summed E-state index contributed by atoms with van der Waals surface area (Å²) < 4.78 is 28.4. The van der Waals surface area contributed by atoms with Gasteiger partial charge in [-0.2, -0.15) is 5.26 Å². The van der Waals surface area contributed by atoms with Gasteiger partial charge in [0.15, 0.2) is 0 Å². The van der Waals surface area contributed by atoms with Crippen LogP contribution in [0.25, 0.3) is 0 Å². The van der Waals surface area contributed by atoms with Gasteiger partial charge in [-0.25, -0.2) is 13.1 Å². The van der Waals surface area contributed by atoms with Crippen LogP contribution in [0.5, 0.6) is 0 Å². The number of halogens is 1. The molecule has 0 atom stereocenters. The second-order valence-corrected chi connectivity index (χ2v) is 10.5. The van der Waals surface area contributed by atoms with Crippen LogP contribution in [0, 0.1) is 18.3 Å². The Balaban J connectivity index is 2.26. The number of hydrogen-bond acceptors (Lipinski definition) is 4. The van der Waals surface area contributed by atoms with Gasteiger partial charge in [0.05, 0.1) is 11.3 Å². The van der Waals surface area contributed by atoms with Gasteiger partial charge in [0.2, 0.25) is 10.0 Å². The summed E-state index contributed by atoms with van der Waals surface area (Å²) in [5.41, 5.74) is 1.63. The third-order valence-electron chi connectivity index (χ3n) is 4.22. The Hall–Kier alpha value is -1.10. The van der Waals surface area contributed by atoms with Crippen LogP contribution in [0.15, 0.2) is 16.6 Å². The zero-order valence-electron chi connectivity index (χ0n) is 14.5. The van der Waals surface area contributed by atoms with E-state index in [2.05, 4.69) is 32.0 Å². The molecule has 24 heavy (non-hydrogen) atoms. The molecule has 2 N–H and O–H groups in total. The molecule has 1 aliphatic rings.